The molecule has 3 nitrogen and oxygen atoms in total. The molecular weight excluding hydrogens is 152 g/mol. The molecule has 0 unspecified atom stereocenters. The predicted octanol–water partition coefficient (Wildman–Crippen LogP) is 0.192. The Bertz CT molecular complexity index is 172. The normalized spacial score (nSPS) is 12.3. The largest absolute Gasteiger partial charge is 0.872 e. The molecular formula is C6H7O3S-. The Balaban J connectivity index is 3.94. The Kier molecular flexibility index (Phi) is 4.49. The van der Waals surface area contributed by atoms with E-state index in [2.05, 4.69) is 0 Å². The van der Waals surface area contributed by atoms with Crippen molar-refractivity contribution >= 4 is 17.7 Å². The van der Waals surface area contributed by atoms with Crippen LogP contribution in [0.5, 0.6) is 0 Å². The Labute approximate surface area is 63.1 Å². The van der Waals surface area contributed by atoms with Gasteiger partial charge in [0.05, 0.1) is 0 Å². The molecule has 0 aliphatic heterocycles. The minimum atomic E-state index is -1.21. The summed E-state index contributed by atoms with van der Waals surface area (Å²) >= 11 is 1.34. The van der Waals surface area contributed by atoms with Crippen molar-refractivity contribution in [3.8, 4) is 0 Å². The second-order valence-corrected chi connectivity index (χ2v) is 2.17. The lowest BCUT2D eigenvalue weighted by Gasteiger charge is -2.01. The van der Waals surface area contributed by atoms with Crippen molar-refractivity contribution in [2.45, 2.75) is 0 Å². The van der Waals surface area contributed by atoms with Gasteiger partial charge in [0.25, 0.3) is 0 Å². The van der Waals surface area contributed by atoms with Crippen molar-refractivity contribution < 1.29 is 15.0 Å². The SMILES string of the molecule is CS/C=C/C([O-])=C/C(=O)O. The molecule has 1 N–H and O–H groups in total. The highest BCUT2D eigenvalue weighted by Gasteiger charge is 1.83. The number of hydrogen-bond donors (Lipinski definition) is 1. The molecule has 56 valence electrons. The van der Waals surface area contributed by atoms with Crippen LogP contribution in [0.1, 0.15) is 0 Å². The number of carboxylic acid groups (broad SMARTS) is 1. The van der Waals surface area contributed by atoms with Gasteiger partial charge in [-0.1, -0.05) is 6.08 Å². The van der Waals surface area contributed by atoms with E-state index in [0.717, 1.165) is 0 Å². The Morgan fingerprint density at radius 3 is 2.70 bits per heavy atom. The Morgan fingerprint density at radius 1 is 1.70 bits per heavy atom. The first-order valence-electron chi connectivity index (χ1n) is 2.48. The maximum atomic E-state index is 10.5. The Morgan fingerprint density at radius 2 is 2.30 bits per heavy atom. The summed E-state index contributed by atoms with van der Waals surface area (Å²) in [6.45, 7) is 0. The van der Waals surface area contributed by atoms with Crippen LogP contribution in [0.4, 0.5) is 0 Å². The van der Waals surface area contributed by atoms with Crippen LogP contribution in [0.3, 0.4) is 0 Å². The van der Waals surface area contributed by atoms with Crippen molar-refractivity contribution in [3.63, 3.8) is 0 Å². The fourth-order valence-corrected chi connectivity index (χ4v) is 0.575. The number of carboxylic acids is 1. The quantitative estimate of drug-likeness (QED) is 0.363. The third kappa shape index (κ3) is 5.24. The lowest BCUT2D eigenvalue weighted by molar-refractivity contribution is -0.295. The number of allylic oxidation sites excluding steroid dienone is 1. The van der Waals surface area contributed by atoms with Gasteiger partial charge in [0.1, 0.15) is 0 Å². The van der Waals surface area contributed by atoms with Gasteiger partial charge < -0.3 is 10.2 Å². The Hall–Kier alpha value is -0.900. The van der Waals surface area contributed by atoms with Gasteiger partial charge in [-0.3, -0.25) is 0 Å². The molecule has 4 heteroatoms. The molecule has 0 amide bonds. The van der Waals surface area contributed by atoms with Crippen molar-refractivity contribution in [1.29, 1.82) is 0 Å². The van der Waals surface area contributed by atoms with E-state index in [-0.39, 0.29) is 0 Å². The summed E-state index contributed by atoms with van der Waals surface area (Å²) in [5.41, 5.74) is 0. The van der Waals surface area contributed by atoms with E-state index in [9.17, 15) is 9.90 Å². The second kappa shape index (κ2) is 4.93. The molecule has 0 aromatic rings. The molecule has 0 heterocycles. The smallest absolute Gasteiger partial charge is 0.327 e. The lowest BCUT2D eigenvalue weighted by atomic mass is 10.4. The molecule has 0 spiro atoms. The van der Waals surface area contributed by atoms with Crippen LogP contribution in [0.15, 0.2) is 23.3 Å². The van der Waals surface area contributed by atoms with Crippen LogP contribution >= 0.6 is 11.8 Å². The minimum Gasteiger partial charge on any atom is -0.872 e. The molecule has 0 atom stereocenters. The summed E-state index contributed by atoms with van der Waals surface area (Å²) in [6, 6.07) is 0. The monoisotopic (exact) mass is 159 g/mol. The standard InChI is InChI=1S/C6H8O3S/c1-10-3-2-5(7)4-6(8)9/h2-4,7H,1H3,(H,8,9)/p-1/b3-2+,5-4-. The third-order valence-electron chi connectivity index (χ3n) is 0.634. The number of rotatable bonds is 3. The molecule has 0 aromatic heterocycles. The van der Waals surface area contributed by atoms with E-state index in [1.54, 1.807) is 6.26 Å². The third-order valence-corrected chi connectivity index (χ3v) is 1.04. The van der Waals surface area contributed by atoms with Gasteiger partial charge in [-0.2, -0.15) is 0 Å². The minimum absolute atomic E-state index is 0.498. The van der Waals surface area contributed by atoms with Crippen molar-refractivity contribution in [3.05, 3.63) is 23.3 Å². The molecule has 0 radical (unpaired) electrons. The summed E-state index contributed by atoms with van der Waals surface area (Å²) in [5.74, 6) is -1.71. The lowest BCUT2D eigenvalue weighted by Crippen LogP contribution is -2.03. The van der Waals surface area contributed by atoms with Crippen LogP contribution in [0, 0.1) is 0 Å². The number of carbonyl (C=O) groups is 1. The summed E-state index contributed by atoms with van der Waals surface area (Å²) < 4.78 is 0. The molecule has 0 fully saturated rings. The van der Waals surface area contributed by atoms with Gasteiger partial charge in [-0.15, -0.1) is 17.5 Å². The van der Waals surface area contributed by atoms with Gasteiger partial charge in [0, 0.05) is 6.08 Å². The molecule has 0 saturated carbocycles. The van der Waals surface area contributed by atoms with Crippen LogP contribution in [0.2, 0.25) is 0 Å². The van der Waals surface area contributed by atoms with Crippen molar-refractivity contribution in [2.24, 2.45) is 0 Å². The molecule has 0 aliphatic carbocycles. The van der Waals surface area contributed by atoms with E-state index in [4.69, 9.17) is 5.11 Å². The highest BCUT2D eigenvalue weighted by Crippen LogP contribution is 1.95. The van der Waals surface area contributed by atoms with Gasteiger partial charge in [-0.25, -0.2) is 4.79 Å². The van der Waals surface area contributed by atoms with Gasteiger partial charge >= 0.3 is 5.97 Å². The highest BCUT2D eigenvalue weighted by atomic mass is 32.2. The van der Waals surface area contributed by atoms with Gasteiger partial charge in [0.2, 0.25) is 0 Å². The van der Waals surface area contributed by atoms with Crippen molar-refractivity contribution in [2.75, 3.05) is 6.26 Å². The molecule has 0 rings (SSSR count). The van der Waals surface area contributed by atoms with Crippen LogP contribution in [-0.2, 0) is 4.79 Å². The molecule has 0 aliphatic rings. The maximum absolute atomic E-state index is 10.5. The summed E-state index contributed by atoms with van der Waals surface area (Å²) in [5, 5.41) is 20.1. The fourth-order valence-electron chi connectivity index (χ4n) is 0.305. The van der Waals surface area contributed by atoms with Gasteiger partial charge in [0.15, 0.2) is 0 Å². The summed E-state index contributed by atoms with van der Waals surface area (Å²) in [6.07, 6.45) is 3.61. The van der Waals surface area contributed by atoms with E-state index >= 15 is 0 Å². The topological polar surface area (TPSA) is 60.4 Å². The first kappa shape index (κ1) is 9.10. The first-order valence-corrected chi connectivity index (χ1v) is 3.76. The average molecular weight is 159 g/mol. The van der Waals surface area contributed by atoms with Crippen LogP contribution in [-0.4, -0.2) is 17.3 Å². The van der Waals surface area contributed by atoms with E-state index in [1.807, 2.05) is 0 Å². The molecule has 0 bridgehead atoms. The van der Waals surface area contributed by atoms with E-state index in [0.29, 0.717) is 6.08 Å². The number of aliphatic carboxylic acids is 1. The zero-order valence-electron chi connectivity index (χ0n) is 5.40. The van der Waals surface area contributed by atoms with E-state index in [1.165, 1.54) is 23.2 Å². The first-order chi connectivity index (χ1) is 4.66. The fraction of sp³-hybridized carbons (Fsp3) is 0.167. The van der Waals surface area contributed by atoms with Crippen LogP contribution < -0.4 is 5.11 Å². The predicted molar refractivity (Wildman–Crippen MR) is 38.4 cm³/mol. The molecule has 0 aromatic carbocycles. The summed E-state index contributed by atoms with van der Waals surface area (Å²) in [4.78, 5) is 9.86. The zero-order chi connectivity index (χ0) is 7.98. The van der Waals surface area contributed by atoms with Crippen LogP contribution in [0.25, 0.3) is 0 Å². The number of thioether (sulfide) groups is 1. The zero-order valence-corrected chi connectivity index (χ0v) is 6.22. The summed E-state index contributed by atoms with van der Waals surface area (Å²) in [7, 11) is 0. The maximum Gasteiger partial charge on any atom is 0.327 e. The highest BCUT2D eigenvalue weighted by molar-refractivity contribution is 8.01. The number of hydrogen-bond acceptors (Lipinski definition) is 3. The average Bonchev–Trinajstić information content (AvgIpc) is 1.82. The van der Waals surface area contributed by atoms with E-state index < -0.39 is 11.7 Å². The molecule has 10 heavy (non-hydrogen) atoms. The molecule has 0 saturated heterocycles. The van der Waals surface area contributed by atoms with Gasteiger partial charge in [-0.05, 0) is 11.7 Å². The van der Waals surface area contributed by atoms with Crippen molar-refractivity contribution in [1.82, 2.24) is 0 Å². The second-order valence-electron chi connectivity index (χ2n) is 1.42.